The van der Waals surface area contributed by atoms with Crippen molar-refractivity contribution in [1.29, 1.82) is 0 Å². The highest BCUT2D eigenvalue weighted by molar-refractivity contribution is 5.92. The minimum Gasteiger partial charge on any atom is -0.473 e. The maximum Gasteiger partial charge on any atom is 0.298 e. The summed E-state index contributed by atoms with van der Waals surface area (Å²) in [7, 11) is 1.86. The predicted octanol–water partition coefficient (Wildman–Crippen LogP) is 1.13. The van der Waals surface area contributed by atoms with Crippen molar-refractivity contribution < 1.29 is 9.53 Å². The van der Waals surface area contributed by atoms with Crippen LogP contribution < -0.4 is 4.74 Å². The average molecular weight is 350 g/mol. The Bertz CT molecular complexity index is 991. The second-order valence-electron chi connectivity index (χ2n) is 6.25. The molecule has 0 bridgehead atoms. The van der Waals surface area contributed by atoms with E-state index in [4.69, 9.17) is 11.2 Å². The van der Waals surface area contributed by atoms with E-state index >= 15 is 0 Å². The number of hydrogen-bond acceptors (Lipinski definition) is 5. The number of rotatable bonds is 3. The van der Waals surface area contributed by atoms with Gasteiger partial charge in [-0.25, -0.2) is 9.50 Å². The Balaban J connectivity index is 1.58. The molecule has 4 heterocycles. The Morgan fingerprint density at radius 3 is 2.81 bits per heavy atom. The number of likely N-dealkylation sites (tertiary alicyclic amines) is 1. The summed E-state index contributed by atoms with van der Waals surface area (Å²) in [6.45, 7) is 1.18. The van der Waals surface area contributed by atoms with Crippen LogP contribution in [0.4, 0.5) is 0 Å². The molecule has 8 heteroatoms. The lowest BCUT2D eigenvalue weighted by atomic mass is 10.1. The molecule has 0 radical (unpaired) electrons. The summed E-state index contributed by atoms with van der Waals surface area (Å²) in [5.74, 6) is 2.43. The summed E-state index contributed by atoms with van der Waals surface area (Å²) in [4.78, 5) is 17.9. The number of amides is 1. The number of hydrogen-bond donors (Lipinski definition) is 0. The van der Waals surface area contributed by atoms with Crippen molar-refractivity contribution in [1.82, 2.24) is 29.3 Å². The van der Waals surface area contributed by atoms with Gasteiger partial charge in [0.05, 0.1) is 24.3 Å². The molecule has 132 valence electrons. The fraction of sp³-hybridized carbons (Fsp3) is 0.333. The van der Waals surface area contributed by atoms with Crippen LogP contribution >= 0.6 is 0 Å². The molecular weight excluding hydrogens is 332 g/mol. The first-order valence-electron chi connectivity index (χ1n) is 8.39. The molecule has 0 saturated carbocycles. The second kappa shape index (κ2) is 6.52. The van der Waals surface area contributed by atoms with Gasteiger partial charge in [-0.2, -0.15) is 10.2 Å². The third-order valence-electron chi connectivity index (χ3n) is 4.49. The van der Waals surface area contributed by atoms with Gasteiger partial charge in [0.25, 0.3) is 5.91 Å². The topological polar surface area (TPSA) is 77.6 Å². The predicted molar refractivity (Wildman–Crippen MR) is 94.3 cm³/mol. The number of aromatic nitrogens is 5. The lowest BCUT2D eigenvalue weighted by Gasteiger charge is -2.30. The molecule has 3 aromatic heterocycles. The van der Waals surface area contributed by atoms with Crippen molar-refractivity contribution in [2.24, 2.45) is 7.05 Å². The zero-order valence-electron chi connectivity index (χ0n) is 14.4. The summed E-state index contributed by atoms with van der Waals surface area (Å²) >= 11 is 0. The molecule has 26 heavy (non-hydrogen) atoms. The van der Waals surface area contributed by atoms with Gasteiger partial charge in [0.2, 0.25) is 5.88 Å². The molecule has 8 nitrogen and oxygen atoms in total. The largest absolute Gasteiger partial charge is 0.473 e. The van der Waals surface area contributed by atoms with Gasteiger partial charge < -0.3 is 9.64 Å². The summed E-state index contributed by atoms with van der Waals surface area (Å²) in [6, 6.07) is 1.87. The zero-order chi connectivity index (χ0) is 18.1. The number of ether oxygens (including phenoxy) is 1. The Labute approximate surface area is 150 Å². The number of fused-ring (bicyclic) bond motifs is 1. The van der Waals surface area contributed by atoms with Crippen molar-refractivity contribution in [3.63, 3.8) is 0 Å². The van der Waals surface area contributed by atoms with Crippen LogP contribution in [0.25, 0.3) is 16.8 Å². The van der Waals surface area contributed by atoms with Crippen LogP contribution in [0.3, 0.4) is 0 Å². The number of piperidine rings is 1. The molecule has 1 aliphatic heterocycles. The molecule has 1 aliphatic rings. The quantitative estimate of drug-likeness (QED) is 0.662. The Hall–Kier alpha value is -3.34. The monoisotopic (exact) mass is 350 g/mol. The highest BCUT2D eigenvalue weighted by Gasteiger charge is 2.24. The van der Waals surface area contributed by atoms with Gasteiger partial charge in [0.1, 0.15) is 11.6 Å². The van der Waals surface area contributed by atoms with Crippen LogP contribution in [0.1, 0.15) is 12.8 Å². The van der Waals surface area contributed by atoms with Crippen LogP contribution in [-0.4, -0.2) is 54.4 Å². The third kappa shape index (κ3) is 2.99. The van der Waals surface area contributed by atoms with Gasteiger partial charge in [0.15, 0.2) is 0 Å². The Morgan fingerprint density at radius 2 is 2.12 bits per heavy atom. The summed E-state index contributed by atoms with van der Waals surface area (Å²) < 4.78 is 9.65. The fourth-order valence-corrected chi connectivity index (χ4v) is 3.10. The van der Waals surface area contributed by atoms with Gasteiger partial charge in [-0.3, -0.25) is 9.48 Å². The van der Waals surface area contributed by atoms with E-state index in [1.807, 2.05) is 25.5 Å². The lowest BCUT2D eigenvalue weighted by molar-refractivity contribution is -0.126. The van der Waals surface area contributed by atoms with E-state index in [2.05, 4.69) is 21.1 Å². The summed E-state index contributed by atoms with van der Waals surface area (Å²) in [6.07, 6.45) is 13.8. The van der Waals surface area contributed by atoms with Gasteiger partial charge >= 0.3 is 0 Å². The number of nitrogens with zero attached hydrogens (tertiary/aromatic N) is 6. The average Bonchev–Trinajstić information content (AvgIpc) is 3.30. The fourth-order valence-electron chi connectivity index (χ4n) is 3.10. The number of carbonyl (C=O) groups is 1. The minimum atomic E-state index is -0.265. The molecule has 0 atom stereocenters. The molecule has 0 N–H and O–H groups in total. The smallest absolute Gasteiger partial charge is 0.298 e. The second-order valence-corrected chi connectivity index (χ2v) is 6.25. The molecular formula is C18H18N6O2. The number of carbonyl (C=O) groups excluding carboxylic acids is 1. The van der Waals surface area contributed by atoms with Gasteiger partial charge in [-0.05, 0) is 12.0 Å². The standard InChI is InChI=1S/C18H18N6O2/c1-3-17(25)23-8-5-14(6-9-23)26-18-16-4-7-19-24(16)12-15(21-18)13-10-20-22(2)11-13/h1,4,7,10-12,14H,5-6,8-9H2,2H3. The van der Waals surface area contributed by atoms with Crippen LogP contribution in [-0.2, 0) is 11.8 Å². The molecule has 3 aromatic rings. The van der Waals surface area contributed by atoms with E-state index in [1.165, 1.54) is 0 Å². The van der Waals surface area contributed by atoms with Gasteiger partial charge in [-0.15, -0.1) is 6.42 Å². The highest BCUT2D eigenvalue weighted by atomic mass is 16.5. The summed E-state index contributed by atoms with van der Waals surface area (Å²) in [5, 5.41) is 8.50. The van der Waals surface area contributed by atoms with Crippen molar-refractivity contribution in [2.75, 3.05) is 13.1 Å². The first-order valence-corrected chi connectivity index (χ1v) is 8.39. The first-order chi connectivity index (χ1) is 12.6. The van der Waals surface area contributed by atoms with Crippen molar-refractivity contribution >= 4 is 11.4 Å². The highest BCUT2D eigenvalue weighted by Crippen LogP contribution is 2.26. The van der Waals surface area contributed by atoms with Crippen molar-refractivity contribution in [3.8, 4) is 29.5 Å². The molecule has 1 fully saturated rings. The molecule has 4 rings (SSSR count). The molecule has 1 amide bonds. The third-order valence-corrected chi connectivity index (χ3v) is 4.49. The van der Waals surface area contributed by atoms with Crippen LogP contribution in [0.5, 0.6) is 5.88 Å². The zero-order valence-corrected chi connectivity index (χ0v) is 14.4. The number of aryl methyl sites for hydroxylation is 1. The van der Waals surface area contributed by atoms with Crippen LogP contribution in [0, 0.1) is 12.3 Å². The van der Waals surface area contributed by atoms with E-state index < -0.39 is 0 Å². The summed E-state index contributed by atoms with van der Waals surface area (Å²) in [5.41, 5.74) is 2.44. The van der Waals surface area contributed by atoms with Crippen LogP contribution in [0.2, 0.25) is 0 Å². The van der Waals surface area contributed by atoms with E-state index in [0.29, 0.717) is 31.8 Å². The molecule has 0 aromatic carbocycles. The molecule has 0 aliphatic carbocycles. The molecule has 1 saturated heterocycles. The van der Waals surface area contributed by atoms with Crippen molar-refractivity contribution in [2.45, 2.75) is 18.9 Å². The van der Waals surface area contributed by atoms with E-state index in [1.54, 1.807) is 26.5 Å². The normalized spacial score (nSPS) is 15.2. The maximum absolute atomic E-state index is 11.6. The minimum absolute atomic E-state index is 0.0211. The molecule has 0 spiro atoms. The van der Waals surface area contributed by atoms with E-state index in [9.17, 15) is 4.79 Å². The first kappa shape index (κ1) is 16.1. The van der Waals surface area contributed by atoms with Gasteiger partial charge in [-0.1, -0.05) is 0 Å². The van der Waals surface area contributed by atoms with Crippen molar-refractivity contribution in [3.05, 3.63) is 30.9 Å². The SMILES string of the molecule is C#CC(=O)N1CCC(Oc2nc(-c3cnn(C)c3)cn3nccc23)CC1. The van der Waals surface area contributed by atoms with Crippen LogP contribution in [0.15, 0.2) is 30.9 Å². The van der Waals surface area contributed by atoms with E-state index in [0.717, 1.165) is 16.8 Å². The Kier molecular flexibility index (Phi) is 4.05. The van der Waals surface area contributed by atoms with Gasteiger partial charge in [0, 0.05) is 44.7 Å². The maximum atomic E-state index is 11.6. The lowest BCUT2D eigenvalue weighted by Crippen LogP contribution is -2.41. The number of terminal acetylenes is 1. The molecule has 0 unspecified atom stereocenters. The van der Waals surface area contributed by atoms with E-state index in [-0.39, 0.29) is 12.0 Å². The Morgan fingerprint density at radius 1 is 1.31 bits per heavy atom.